The largest absolute Gasteiger partial charge is 0.381 e. The Labute approximate surface area is 101 Å². The van der Waals surface area contributed by atoms with E-state index < -0.39 is 0 Å². The Morgan fingerprint density at radius 3 is 2.29 bits per heavy atom. The van der Waals surface area contributed by atoms with Crippen LogP contribution < -0.4 is 11.1 Å². The van der Waals surface area contributed by atoms with Gasteiger partial charge in [0.15, 0.2) is 11.6 Å². The van der Waals surface area contributed by atoms with Crippen molar-refractivity contribution in [1.82, 2.24) is 9.97 Å². The van der Waals surface area contributed by atoms with E-state index in [2.05, 4.69) is 29.1 Å². The van der Waals surface area contributed by atoms with E-state index in [1.54, 1.807) is 0 Å². The van der Waals surface area contributed by atoms with Crippen molar-refractivity contribution in [2.24, 2.45) is 0 Å². The molecule has 0 aliphatic heterocycles. The van der Waals surface area contributed by atoms with Gasteiger partial charge in [-0.05, 0) is 25.0 Å². The number of aromatic nitrogens is 2. The van der Waals surface area contributed by atoms with Crippen LogP contribution in [0.25, 0.3) is 11.0 Å². The smallest absolute Gasteiger partial charge is 0.169 e. The lowest BCUT2D eigenvalue weighted by Crippen LogP contribution is -2.19. The first-order valence-electron chi connectivity index (χ1n) is 6.03. The molecule has 0 saturated carbocycles. The zero-order valence-electron chi connectivity index (χ0n) is 10.3. The second-order valence-electron chi connectivity index (χ2n) is 4.10. The number of para-hydroxylation sites is 2. The molecule has 0 atom stereocenters. The molecule has 1 aromatic heterocycles. The third kappa shape index (κ3) is 2.46. The number of rotatable bonds is 4. The van der Waals surface area contributed by atoms with Crippen LogP contribution in [0, 0.1) is 0 Å². The maximum atomic E-state index is 5.91. The van der Waals surface area contributed by atoms with Crippen LogP contribution in [0.4, 0.5) is 11.6 Å². The van der Waals surface area contributed by atoms with E-state index >= 15 is 0 Å². The van der Waals surface area contributed by atoms with Crippen LogP contribution in [0.3, 0.4) is 0 Å². The molecule has 0 spiro atoms. The molecule has 0 radical (unpaired) electrons. The predicted octanol–water partition coefficient (Wildman–Crippen LogP) is 2.81. The van der Waals surface area contributed by atoms with Crippen molar-refractivity contribution in [3.8, 4) is 0 Å². The summed E-state index contributed by atoms with van der Waals surface area (Å²) in [5, 5.41) is 3.34. The fraction of sp³-hybridized carbons (Fsp3) is 0.385. The quantitative estimate of drug-likeness (QED) is 0.847. The summed E-state index contributed by atoms with van der Waals surface area (Å²) >= 11 is 0. The Kier molecular flexibility index (Phi) is 3.42. The average Bonchev–Trinajstić information content (AvgIpc) is 2.36. The van der Waals surface area contributed by atoms with E-state index in [4.69, 9.17) is 5.73 Å². The number of fused-ring (bicyclic) bond motifs is 1. The maximum absolute atomic E-state index is 5.91. The molecule has 90 valence electrons. The number of nitrogens with two attached hydrogens (primary N) is 1. The van der Waals surface area contributed by atoms with Crippen LogP contribution in [0.15, 0.2) is 24.3 Å². The van der Waals surface area contributed by atoms with Gasteiger partial charge in [-0.3, -0.25) is 0 Å². The van der Waals surface area contributed by atoms with E-state index in [0.29, 0.717) is 17.7 Å². The third-order valence-electron chi connectivity index (χ3n) is 2.92. The molecule has 0 amide bonds. The lowest BCUT2D eigenvalue weighted by molar-refractivity contribution is 0.669. The molecule has 0 bridgehead atoms. The molecular weight excluding hydrogens is 212 g/mol. The Balaban J connectivity index is 2.37. The molecule has 4 heteroatoms. The lowest BCUT2D eigenvalue weighted by atomic mass is 10.2. The monoisotopic (exact) mass is 230 g/mol. The zero-order valence-corrected chi connectivity index (χ0v) is 10.3. The molecule has 0 aliphatic rings. The number of benzene rings is 1. The first-order chi connectivity index (χ1) is 8.24. The highest BCUT2D eigenvalue weighted by molar-refractivity contribution is 5.79. The van der Waals surface area contributed by atoms with E-state index in [1.165, 1.54) is 0 Å². The summed E-state index contributed by atoms with van der Waals surface area (Å²) in [6.45, 7) is 4.29. The summed E-state index contributed by atoms with van der Waals surface area (Å²) < 4.78 is 0. The molecule has 0 fully saturated rings. The zero-order chi connectivity index (χ0) is 12.3. The fourth-order valence-electron chi connectivity index (χ4n) is 1.81. The minimum Gasteiger partial charge on any atom is -0.381 e. The number of hydrogen-bond donors (Lipinski definition) is 2. The molecule has 0 unspecified atom stereocenters. The second kappa shape index (κ2) is 4.99. The van der Waals surface area contributed by atoms with Gasteiger partial charge < -0.3 is 11.1 Å². The van der Waals surface area contributed by atoms with Gasteiger partial charge in [-0.2, -0.15) is 0 Å². The van der Waals surface area contributed by atoms with Crippen molar-refractivity contribution in [3.63, 3.8) is 0 Å². The lowest BCUT2D eigenvalue weighted by Gasteiger charge is -2.16. The number of nitrogen functional groups attached to an aromatic ring is 1. The topological polar surface area (TPSA) is 63.8 Å². The van der Waals surface area contributed by atoms with Crippen molar-refractivity contribution in [1.29, 1.82) is 0 Å². The van der Waals surface area contributed by atoms with Crippen LogP contribution in [0.1, 0.15) is 26.7 Å². The van der Waals surface area contributed by atoms with Gasteiger partial charge >= 0.3 is 0 Å². The Morgan fingerprint density at radius 2 is 1.71 bits per heavy atom. The van der Waals surface area contributed by atoms with Gasteiger partial charge in [-0.25, -0.2) is 9.97 Å². The van der Waals surface area contributed by atoms with Crippen molar-refractivity contribution in [2.45, 2.75) is 32.7 Å². The molecule has 1 heterocycles. The number of anilines is 2. The molecule has 0 saturated heterocycles. The minimum atomic E-state index is 0.396. The van der Waals surface area contributed by atoms with Crippen LogP contribution in [0.2, 0.25) is 0 Å². The number of nitrogens with one attached hydrogen (secondary N) is 1. The van der Waals surface area contributed by atoms with Crippen LogP contribution >= 0.6 is 0 Å². The minimum absolute atomic E-state index is 0.396. The standard InChI is InChI=1S/C13H18N4/c1-3-9(4-2)15-13-12(14)16-10-7-5-6-8-11(10)17-13/h5-9H,3-4H2,1-2H3,(H2,14,16)(H,15,17). The number of hydrogen-bond acceptors (Lipinski definition) is 4. The van der Waals surface area contributed by atoms with Gasteiger partial charge in [0.25, 0.3) is 0 Å². The van der Waals surface area contributed by atoms with Crippen molar-refractivity contribution < 1.29 is 0 Å². The first kappa shape index (κ1) is 11.6. The maximum Gasteiger partial charge on any atom is 0.169 e. The van der Waals surface area contributed by atoms with Crippen molar-refractivity contribution in [3.05, 3.63) is 24.3 Å². The highest BCUT2D eigenvalue weighted by Crippen LogP contribution is 2.20. The molecule has 2 rings (SSSR count). The van der Waals surface area contributed by atoms with Gasteiger partial charge in [0.2, 0.25) is 0 Å². The highest BCUT2D eigenvalue weighted by atomic mass is 15.1. The molecule has 4 nitrogen and oxygen atoms in total. The summed E-state index contributed by atoms with van der Waals surface area (Å²) in [6, 6.07) is 8.14. The average molecular weight is 230 g/mol. The van der Waals surface area contributed by atoms with Crippen LogP contribution in [0.5, 0.6) is 0 Å². The third-order valence-corrected chi connectivity index (χ3v) is 2.92. The fourth-order valence-corrected chi connectivity index (χ4v) is 1.81. The summed E-state index contributed by atoms with van der Waals surface area (Å²) in [6.07, 6.45) is 2.09. The Hall–Kier alpha value is -1.84. The summed E-state index contributed by atoms with van der Waals surface area (Å²) in [5.41, 5.74) is 7.61. The van der Waals surface area contributed by atoms with Gasteiger partial charge in [-0.1, -0.05) is 26.0 Å². The molecular formula is C13H18N4. The van der Waals surface area contributed by atoms with E-state index in [0.717, 1.165) is 23.9 Å². The SMILES string of the molecule is CCC(CC)Nc1nc2ccccc2nc1N. The molecule has 3 N–H and O–H groups in total. The number of nitrogens with zero attached hydrogens (tertiary/aromatic N) is 2. The predicted molar refractivity (Wildman–Crippen MR) is 71.9 cm³/mol. The van der Waals surface area contributed by atoms with Gasteiger partial charge in [0, 0.05) is 6.04 Å². The van der Waals surface area contributed by atoms with E-state index in [9.17, 15) is 0 Å². The molecule has 17 heavy (non-hydrogen) atoms. The normalized spacial score (nSPS) is 11.0. The summed E-state index contributed by atoms with van der Waals surface area (Å²) in [5.74, 6) is 1.16. The van der Waals surface area contributed by atoms with Crippen molar-refractivity contribution in [2.75, 3.05) is 11.1 Å². The van der Waals surface area contributed by atoms with Crippen LogP contribution in [-0.2, 0) is 0 Å². The van der Waals surface area contributed by atoms with Gasteiger partial charge in [0.1, 0.15) is 0 Å². The second-order valence-corrected chi connectivity index (χ2v) is 4.10. The van der Waals surface area contributed by atoms with Crippen molar-refractivity contribution >= 4 is 22.7 Å². The van der Waals surface area contributed by atoms with Gasteiger partial charge in [-0.15, -0.1) is 0 Å². The first-order valence-corrected chi connectivity index (χ1v) is 6.03. The molecule has 1 aromatic carbocycles. The Bertz CT molecular complexity index is 506. The Morgan fingerprint density at radius 1 is 1.12 bits per heavy atom. The van der Waals surface area contributed by atoms with E-state index in [-0.39, 0.29) is 0 Å². The van der Waals surface area contributed by atoms with Gasteiger partial charge in [0.05, 0.1) is 11.0 Å². The molecule has 2 aromatic rings. The summed E-state index contributed by atoms with van der Waals surface area (Å²) in [7, 11) is 0. The van der Waals surface area contributed by atoms with Crippen LogP contribution in [-0.4, -0.2) is 16.0 Å². The van der Waals surface area contributed by atoms with E-state index in [1.807, 2.05) is 24.3 Å². The molecule has 0 aliphatic carbocycles. The summed E-state index contributed by atoms with van der Waals surface area (Å²) in [4.78, 5) is 8.86. The highest BCUT2D eigenvalue weighted by Gasteiger charge is 2.09.